The third kappa shape index (κ3) is 5.46. The number of amides is 2. The Morgan fingerprint density at radius 1 is 1.27 bits per heavy atom. The molecule has 1 atom stereocenters. The Kier molecular flexibility index (Phi) is 7.01. The summed E-state index contributed by atoms with van der Waals surface area (Å²) in [6.45, 7) is 5.82. The van der Waals surface area contributed by atoms with E-state index >= 15 is 0 Å². The highest BCUT2D eigenvalue weighted by atomic mass is 16.5. The first-order valence-corrected chi connectivity index (χ1v) is 7.31. The number of anilines is 2. The molecular formula is C16H25N3O3. The van der Waals surface area contributed by atoms with Crippen molar-refractivity contribution in [2.45, 2.75) is 33.3 Å². The molecule has 0 aliphatic heterocycles. The second kappa shape index (κ2) is 8.51. The molecule has 0 saturated carbocycles. The molecule has 0 spiro atoms. The summed E-state index contributed by atoms with van der Waals surface area (Å²) in [6, 6.07) is 5.41. The van der Waals surface area contributed by atoms with Gasteiger partial charge < -0.3 is 21.1 Å². The number of hydrogen-bond donors (Lipinski definition) is 3. The van der Waals surface area contributed by atoms with Gasteiger partial charge in [-0.3, -0.25) is 9.59 Å². The smallest absolute Gasteiger partial charge is 0.227 e. The molecule has 2 amide bonds. The van der Waals surface area contributed by atoms with Crippen molar-refractivity contribution >= 4 is 23.2 Å². The van der Waals surface area contributed by atoms with Gasteiger partial charge >= 0.3 is 0 Å². The van der Waals surface area contributed by atoms with Crippen LogP contribution in [0.5, 0.6) is 0 Å². The Morgan fingerprint density at radius 3 is 2.50 bits per heavy atom. The summed E-state index contributed by atoms with van der Waals surface area (Å²) < 4.78 is 5.10. The van der Waals surface area contributed by atoms with Gasteiger partial charge in [-0.25, -0.2) is 0 Å². The molecule has 0 fully saturated rings. The predicted octanol–water partition coefficient (Wildman–Crippen LogP) is 1.89. The average molecular weight is 307 g/mol. The van der Waals surface area contributed by atoms with Crippen molar-refractivity contribution in [1.82, 2.24) is 0 Å². The van der Waals surface area contributed by atoms with Crippen molar-refractivity contribution in [3.63, 3.8) is 0 Å². The number of nitrogens with two attached hydrogens (primary N) is 1. The number of rotatable bonds is 7. The van der Waals surface area contributed by atoms with E-state index in [1.807, 2.05) is 32.9 Å². The third-order valence-electron chi connectivity index (χ3n) is 3.31. The maximum Gasteiger partial charge on any atom is 0.227 e. The number of carbonyl (C=O) groups is 2. The molecule has 0 saturated heterocycles. The van der Waals surface area contributed by atoms with E-state index in [4.69, 9.17) is 10.5 Å². The Morgan fingerprint density at radius 2 is 1.95 bits per heavy atom. The second-order valence-corrected chi connectivity index (χ2v) is 5.52. The van der Waals surface area contributed by atoms with Crippen LogP contribution >= 0.6 is 0 Å². The highest BCUT2D eigenvalue weighted by molar-refractivity contribution is 5.95. The quantitative estimate of drug-likeness (QED) is 0.717. The minimum atomic E-state index is -0.302. The predicted molar refractivity (Wildman–Crippen MR) is 87.7 cm³/mol. The fraction of sp³-hybridized carbons (Fsp3) is 0.500. The van der Waals surface area contributed by atoms with Gasteiger partial charge in [0.05, 0.1) is 12.5 Å². The molecule has 6 nitrogen and oxygen atoms in total. The summed E-state index contributed by atoms with van der Waals surface area (Å²) in [6.07, 6.45) is -0.112. The zero-order valence-corrected chi connectivity index (χ0v) is 13.6. The van der Waals surface area contributed by atoms with Gasteiger partial charge in [-0.05, 0) is 24.6 Å². The number of benzene rings is 1. The molecule has 0 aliphatic rings. The molecule has 0 heterocycles. The summed E-state index contributed by atoms with van der Waals surface area (Å²) >= 11 is 0. The Bertz CT molecular complexity index is 525. The molecule has 0 radical (unpaired) electrons. The third-order valence-corrected chi connectivity index (χ3v) is 3.31. The van der Waals surface area contributed by atoms with Crippen LogP contribution in [-0.2, 0) is 14.3 Å². The Hall–Kier alpha value is -1.92. The molecule has 6 heteroatoms. The zero-order chi connectivity index (χ0) is 16.7. The van der Waals surface area contributed by atoms with Crippen LogP contribution < -0.4 is 16.4 Å². The molecule has 4 N–H and O–H groups in total. The number of carbonyl (C=O) groups excluding carboxylic acids is 2. The molecular weight excluding hydrogens is 282 g/mol. The van der Waals surface area contributed by atoms with Crippen LogP contribution in [0.4, 0.5) is 11.4 Å². The lowest BCUT2D eigenvalue weighted by Crippen LogP contribution is -2.28. The van der Waals surface area contributed by atoms with Gasteiger partial charge in [0.2, 0.25) is 11.8 Å². The first-order chi connectivity index (χ1) is 10.4. The molecule has 1 unspecified atom stereocenters. The van der Waals surface area contributed by atoms with Crippen LogP contribution in [0.15, 0.2) is 18.2 Å². The van der Waals surface area contributed by atoms with Crippen LogP contribution in [0.1, 0.15) is 25.8 Å². The highest BCUT2D eigenvalue weighted by Gasteiger charge is 2.13. The summed E-state index contributed by atoms with van der Waals surface area (Å²) in [5.41, 5.74) is 7.74. The monoisotopic (exact) mass is 307 g/mol. The van der Waals surface area contributed by atoms with Crippen molar-refractivity contribution in [1.29, 1.82) is 0 Å². The topological polar surface area (TPSA) is 93.4 Å². The first kappa shape index (κ1) is 18.1. The summed E-state index contributed by atoms with van der Waals surface area (Å²) in [5.74, 6) is -0.345. The number of aryl methyl sites for hydroxylation is 1. The van der Waals surface area contributed by atoms with E-state index in [1.165, 1.54) is 7.11 Å². The van der Waals surface area contributed by atoms with Crippen molar-refractivity contribution in [2.75, 3.05) is 24.3 Å². The van der Waals surface area contributed by atoms with Crippen LogP contribution in [0.25, 0.3) is 0 Å². The molecule has 1 aromatic carbocycles. The van der Waals surface area contributed by atoms with Crippen molar-refractivity contribution in [2.24, 2.45) is 11.7 Å². The first-order valence-electron chi connectivity index (χ1n) is 7.31. The Labute approximate surface area is 131 Å². The minimum Gasteiger partial charge on any atom is -0.380 e. The van der Waals surface area contributed by atoms with E-state index in [-0.39, 0.29) is 36.8 Å². The molecule has 1 aromatic rings. The molecule has 122 valence electrons. The number of methoxy groups -OCH3 is 1. The lowest BCUT2D eigenvalue weighted by Gasteiger charge is -2.15. The summed E-state index contributed by atoms with van der Waals surface area (Å²) in [7, 11) is 1.53. The molecule has 0 aliphatic carbocycles. The molecule has 0 bridgehead atoms. The second-order valence-electron chi connectivity index (χ2n) is 5.52. The van der Waals surface area contributed by atoms with Crippen molar-refractivity contribution < 1.29 is 14.3 Å². The van der Waals surface area contributed by atoms with E-state index in [1.54, 1.807) is 6.07 Å². The van der Waals surface area contributed by atoms with Crippen LogP contribution in [0, 0.1) is 12.8 Å². The van der Waals surface area contributed by atoms with E-state index in [0.717, 1.165) is 5.56 Å². The van der Waals surface area contributed by atoms with E-state index in [2.05, 4.69) is 10.6 Å². The van der Waals surface area contributed by atoms with E-state index < -0.39 is 0 Å². The van der Waals surface area contributed by atoms with Crippen molar-refractivity contribution in [3.05, 3.63) is 23.8 Å². The number of ether oxygens (including phenoxy) is 1. The normalized spacial score (nSPS) is 12.1. The fourth-order valence-electron chi connectivity index (χ4n) is 1.79. The zero-order valence-electron chi connectivity index (χ0n) is 13.6. The maximum absolute atomic E-state index is 12.0. The minimum absolute atomic E-state index is 0.0660. The van der Waals surface area contributed by atoms with Crippen molar-refractivity contribution in [3.8, 4) is 0 Å². The van der Waals surface area contributed by atoms with Crippen LogP contribution in [0.3, 0.4) is 0 Å². The average Bonchev–Trinajstić information content (AvgIpc) is 2.48. The SMILES string of the molecule is COC(CN)CC(=O)Nc1cc(NC(=O)C(C)C)ccc1C. The highest BCUT2D eigenvalue weighted by Crippen LogP contribution is 2.21. The molecule has 1 rings (SSSR count). The lowest BCUT2D eigenvalue weighted by molar-refractivity contribution is -0.119. The van der Waals surface area contributed by atoms with E-state index in [9.17, 15) is 9.59 Å². The maximum atomic E-state index is 12.0. The standard InChI is InChI=1S/C16H25N3O3/c1-10(2)16(21)18-12-6-5-11(3)14(7-12)19-15(20)8-13(9-17)22-4/h5-7,10,13H,8-9,17H2,1-4H3,(H,18,21)(H,19,20). The van der Waals surface area contributed by atoms with E-state index in [0.29, 0.717) is 11.4 Å². The number of hydrogen-bond acceptors (Lipinski definition) is 4. The van der Waals surface area contributed by atoms with Gasteiger partial charge in [-0.2, -0.15) is 0 Å². The lowest BCUT2D eigenvalue weighted by atomic mass is 10.1. The largest absolute Gasteiger partial charge is 0.380 e. The van der Waals surface area contributed by atoms with Gasteiger partial charge in [0.25, 0.3) is 0 Å². The fourth-order valence-corrected chi connectivity index (χ4v) is 1.79. The summed E-state index contributed by atoms with van der Waals surface area (Å²) in [5, 5.41) is 5.64. The molecule has 22 heavy (non-hydrogen) atoms. The van der Waals surface area contributed by atoms with Gasteiger partial charge in [0.15, 0.2) is 0 Å². The Balaban J connectivity index is 2.77. The molecule has 0 aromatic heterocycles. The number of nitrogens with one attached hydrogen (secondary N) is 2. The van der Waals surface area contributed by atoms with Gasteiger partial charge in [0, 0.05) is 30.9 Å². The van der Waals surface area contributed by atoms with Gasteiger partial charge in [-0.1, -0.05) is 19.9 Å². The van der Waals surface area contributed by atoms with Gasteiger partial charge in [-0.15, -0.1) is 0 Å². The van der Waals surface area contributed by atoms with Crippen LogP contribution in [0.2, 0.25) is 0 Å². The van der Waals surface area contributed by atoms with Gasteiger partial charge in [0.1, 0.15) is 0 Å². The van der Waals surface area contributed by atoms with Crippen LogP contribution in [-0.4, -0.2) is 31.6 Å². The summed E-state index contributed by atoms with van der Waals surface area (Å²) in [4.78, 5) is 23.7.